The summed E-state index contributed by atoms with van der Waals surface area (Å²) in [6.45, 7) is 0. The number of rotatable bonds is 3. The molecule has 3 heteroatoms. The second-order valence-electron chi connectivity index (χ2n) is 5.20. The summed E-state index contributed by atoms with van der Waals surface area (Å²) in [6, 6.07) is 5.57. The van der Waals surface area contributed by atoms with Crippen LogP contribution < -0.4 is 0 Å². The molecule has 0 aromatic heterocycles. The van der Waals surface area contributed by atoms with Gasteiger partial charge in [-0.3, -0.25) is 0 Å². The normalized spacial score (nSPS) is 21.1. The summed E-state index contributed by atoms with van der Waals surface area (Å²) in [5.41, 5.74) is 2.22. The van der Waals surface area contributed by atoms with Gasteiger partial charge in [0.2, 0.25) is 0 Å². The van der Waals surface area contributed by atoms with Crippen molar-refractivity contribution in [3.8, 4) is 0 Å². The topological polar surface area (TPSA) is 20.2 Å². The van der Waals surface area contributed by atoms with Crippen LogP contribution in [0.25, 0.3) is 0 Å². The Morgan fingerprint density at radius 1 is 1.05 bits per heavy atom. The van der Waals surface area contributed by atoms with E-state index in [1.807, 2.05) is 12.1 Å². The Hall–Kier alpha value is -0.500. The van der Waals surface area contributed by atoms with Gasteiger partial charge in [0.25, 0.3) is 0 Å². The zero-order chi connectivity index (χ0) is 13.7. The lowest BCUT2D eigenvalue weighted by atomic mass is 9.93. The highest BCUT2D eigenvalue weighted by Crippen LogP contribution is 2.25. The molecule has 0 amide bonds. The van der Waals surface area contributed by atoms with E-state index in [2.05, 4.69) is 6.08 Å². The molecule has 1 aromatic rings. The first kappa shape index (κ1) is 14.9. The molecule has 2 rings (SSSR count). The number of aliphatic hydroxyl groups is 1. The first-order valence-corrected chi connectivity index (χ1v) is 7.73. The van der Waals surface area contributed by atoms with E-state index in [1.54, 1.807) is 6.07 Å². The van der Waals surface area contributed by atoms with Crippen LogP contribution in [-0.4, -0.2) is 11.2 Å². The molecule has 0 spiro atoms. The van der Waals surface area contributed by atoms with Crippen molar-refractivity contribution < 1.29 is 5.11 Å². The molecular weight excluding hydrogens is 279 g/mol. The van der Waals surface area contributed by atoms with E-state index in [4.69, 9.17) is 23.2 Å². The minimum absolute atomic E-state index is 0.393. The van der Waals surface area contributed by atoms with E-state index < -0.39 is 6.10 Å². The van der Waals surface area contributed by atoms with Crippen LogP contribution in [0.3, 0.4) is 0 Å². The molecule has 19 heavy (non-hydrogen) atoms. The number of hydrogen-bond donors (Lipinski definition) is 1. The lowest BCUT2D eigenvalue weighted by Crippen LogP contribution is -2.14. The first-order chi connectivity index (χ1) is 9.16. The van der Waals surface area contributed by atoms with Crippen LogP contribution in [0.2, 0.25) is 10.0 Å². The van der Waals surface area contributed by atoms with Gasteiger partial charge in [-0.1, -0.05) is 48.2 Å². The van der Waals surface area contributed by atoms with E-state index in [9.17, 15) is 5.11 Å². The Bertz CT molecular complexity index is 454. The minimum Gasteiger partial charge on any atom is -0.388 e. The zero-order valence-corrected chi connectivity index (χ0v) is 12.6. The molecule has 1 nitrogen and oxygen atoms in total. The fourth-order valence-corrected chi connectivity index (χ4v) is 2.86. The van der Waals surface area contributed by atoms with E-state index in [0.29, 0.717) is 16.5 Å². The van der Waals surface area contributed by atoms with Gasteiger partial charge in [0.15, 0.2) is 0 Å². The molecule has 0 radical (unpaired) electrons. The number of halogens is 2. The largest absolute Gasteiger partial charge is 0.388 e. The number of hydrogen-bond acceptors (Lipinski definition) is 1. The summed E-state index contributed by atoms with van der Waals surface area (Å²) < 4.78 is 0. The van der Waals surface area contributed by atoms with Crippen molar-refractivity contribution in [3.05, 3.63) is 45.5 Å². The van der Waals surface area contributed by atoms with Gasteiger partial charge in [-0.05, 0) is 49.0 Å². The van der Waals surface area contributed by atoms with Crippen molar-refractivity contribution in [2.24, 2.45) is 0 Å². The fraction of sp³-hybridized carbons (Fsp3) is 0.500. The maximum Gasteiger partial charge on any atom is 0.0790 e. The van der Waals surface area contributed by atoms with Crippen molar-refractivity contribution in [2.75, 3.05) is 0 Å². The molecule has 0 bridgehead atoms. The minimum atomic E-state index is -0.393. The van der Waals surface area contributed by atoms with Crippen LogP contribution in [0.15, 0.2) is 29.8 Å². The van der Waals surface area contributed by atoms with E-state index in [1.165, 1.54) is 31.3 Å². The Morgan fingerprint density at radius 2 is 1.84 bits per heavy atom. The summed E-state index contributed by atoms with van der Waals surface area (Å²) in [6.07, 6.45) is 9.56. The van der Waals surface area contributed by atoms with Crippen molar-refractivity contribution in [3.63, 3.8) is 0 Å². The molecule has 0 saturated heterocycles. The van der Waals surface area contributed by atoms with Gasteiger partial charge in [-0.15, -0.1) is 0 Å². The van der Waals surface area contributed by atoms with Gasteiger partial charge in [0, 0.05) is 6.42 Å². The predicted molar refractivity (Wildman–Crippen MR) is 82.0 cm³/mol. The number of allylic oxidation sites excluding steroid dienone is 1. The van der Waals surface area contributed by atoms with Crippen molar-refractivity contribution in [2.45, 2.75) is 51.0 Å². The maximum atomic E-state index is 10.4. The summed E-state index contributed by atoms with van der Waals surface area (Å²) in [7, 11) is 0. The molecule has 1 aromatic carbocycles. The molecule has 1 aliphatic rings. The molecule has 0 aliphatic heterocycles. The van der Waals surface area contributed by atoms with Gasteiger partial charge < -0.3 is 5.11 Å². The molecule has 0 fully saturated rings. The summed E-state index contributed by atoms with van der Waals surface area (Å²) in [5.74, 6) is 0. The first-order valence-electron chi connectivity index (χ1n) is 6.98. The third-order valence-electron chi connectivity index (χ3n) is 3.67. The Kier molecular flexibility index (Phi) is 5.75. The van der Waals surface area contributed by atoms with E-state index >= 15 is 0 Å². The molecule has 104 valence electrons. The molecule has 1 N–H and O–H groups in total. The van der Waals surface area contributed by atoms with Crippen LogP contribution >= 0.6 is 23.2 Å². The van der Waals surface area contributed by atoms with Crippen molar-refractivity contribution in [1.82, 2.24) is 0 Å². The highest BCUT2D eigenvalue weighted by atomic mass is 35.5. The third-order valence-corrected chi connectivity index (χ3v) is 4.41. The SMILES string of the molecule is OC(Cc1ccc(Cl)c(Cl)c1)/C1=C/CCCCCC1. The Balaban J connectivity index is 2.02. The van der Waals surface area contributed by atoms with Gasteiger partial charge in [-0.25, -0.2) is 0 Å². The maximum absolute atomic E-state index is 10.4. The van der Waals surface area contributed by atoms with E-state index in [0.717, 1.165) is 18.4 Å². The van der Waals surface area contributed by atoms with Crippen LogP contribution in [0.1, 0.15) is 44.1 Å². The van der Waals surface area contributed by atoms with E-state index in [-0.39, 0.29) is 0 Å². The van der Waals surface area contributed by atoms with Gasteiger partial charge in [0.05, 0.1) is 16.1 Å². The second-order valence-corrected chi connectivity index (χ2v) is 6.01. The second kappa shape index (κ2) is 7.33. The molecule has 1 aliphatic carbocycles. The lowest BCUT2D eigenvalue weighted by molar-refractivity contribution is 0.205. The van der Waals surface area contributed by atoms with Crippen LogP contribution in [0.5, 0.6) is 0 Å². The zero-order valence-electron chi connectivity index (χ0n) is 11.0. The van der Waals surface area contributed by atoms with Crippen LogP contribution in [0, 0.1) is 0 Å². The number of benzene rings is 1. The molecule has 0 saturated carbocycles. The van der Waals surface area contributed by atoms with Gasteiger partial charge >= 0.3 is 0 Å². The smallest absolute Gasteiger partial charge is 0.0790 e. The van der Waals surface area contributed by atoms with Gasteiger partial charge in [0.1, 0.15) is 0 Å². The van der Waals surface area contributed by atoms with Crippen LogP contribution in [0.4, 0.5) is 0 Å². The monoisotopic (exact) mass is 298 g/mol. The average Bonchev–Trinajstić information content (AvgIpc) is 2.33. The average molecular weight is 299 g/mol. The standard InChI is InChI=1S/C16H20Cl2O/c17-14-9-8-12(10-15(14)18)11-16(19)13-6-4-2-1-3-5-7-13/h6,8-10,16,19H,1-5,7,11H2/b13-6+. The lowest BCUT2D eigenvalue weighted by Gasteiger charge is -2.17. The highest BCUT2D eigenvalue weighted by molar-refractivity contribution is 6.42. The third kappa shape index (κ3) is 4.52. The quantitative estimate of drug-likeness (QED) is 0.763. The highest BCUT2D eigenvalue weighted by Gasteiger charge is 2.13. The molecule has 0 heterocycles. The Morgan fingerprint density at radius 3 is 2.63 bits per heavy atom. The fourth-order valence-electron chi connectivity index (χ4n) is 2.54. The summed E-state index contributed by atoms with van der Waals surface area (Å²) in [4.78, 5) is 0. The van der Waals surface area contributed by atoms with Crippen LogP contribution in [-0.2, 0) is 6.42 Å². The van der Waals surface area contributed by atoms with Gasteiger partial charge in [-0.2, -0.15) is 0 Å². The number of aliphatic hydroxyl groups excluding tert-OH is 1. The summed E-state index contributed by atoms with van der Waals surface area (Å²) >= 11 is 11.9. The summed E-state index contributed by atoms with van der Waals surface area (Å²) in [5, 5.41) is 11.5. The van der Waals surface area contributed by atoms with Crippen molar-refractivity contribution >= 4 is 23.2 Å². The predicted octanol–water partition coefficient (Wildman–Crippen LogP) is 5.18. The Labute approximate surface area is 125 Å². The molecular formula is C16H20Cl2O. The van der Waals surface area contributed by atoms with Crippen molar-refractivity contribution in [1.29, 1.82) is 0 Å². The molecule has 1 atom stereocenters. The molecule has 1 unspecified atom stereocenters.